The lowest BCUT2D eigenvalue weighted by molar-refractivity contribution is 0.409. The summed E-state index contributed by atoms with van der Waals surface area (Å²) in [6.07, 6.45) is 1.82. The minimum absolute atomic E-state index is 0.763. The first kappa shape index (κ1) is 13.9. The predicted molar refractivity (Wildman–Crippen MR) is 81.8 cm³/mol. The van der Waals surface area contributed by atoms with Crippen LogP contribution >= 0.6 is 15.9 Å². The Morgan fingerprint density at radius 3 is 2.74 bits per heavy atom. The second-order valence-corrected chi connectivity index (χ2v) is 5.38. The fourth-order valence-corrected chi connectivity index (χ4v) is 2.54. The Bertz CT molecular complexity index is 572. The molecule has 0 spiro atoms. The van der Waals surface area contributed by atoms with Crippen molar-refractivity contribution in [3.05, 3.63) is 52.1 Å². The van der Waals surface area contributed by atoms with Crippen LogP contribution in [0.25, 0.3) is 0 Å². The number of hydrogen-bond acceptors (Lipinski definition) is 3. The summed E-state index contributed by atoms with van der Waals surface area (Å²) in [5.41, 5.74) is 2.29. The highest BCUT2D eigenvalue weighted by Gasteiger charge is 2.10. The summed E-state index contributed by atoms with van der Waals surface area (Å²) in [4.78, 5) is 6.59. The zero-order valence-electron chi connectivity index (χ0n) is 11.4. The van der Waals surface area contributed by atoms with Crippen molar-refractivity contribution in [2.24, 2.45) is 0 Å². The molecule has 0 aliphatic rings. The van der Waals surface area contributed by atoms with Gasteiger partial charge in [-0.15, -0.1) is 0 Å². The summed E-state index contributed by atoms with van der Waals surface area (Å²) in [6, 6.07) is 10.1. The van der Waals surface area contributed by atoms with Crippen molar-refractivity contribution < 1.29 is 4.74 Å². The molecule has 0 N–H and O–H groups in total. The first-order valence-electron chi connectivity index (χ1n) is 6.07. The molecule has 0 atom stereocenters. The van der Waals surface area contributed by atoms with Crippen LogP contribution in [0.4, 0.5) is 5.82 Å². The van der Waals surface area contributed by atoms with Crippen LogP contribution in [-0.4, -0.2) is 19.1 Å². The monoisotopic (exact) mass is 320 g/mol. The Morgan fingerprint density at radius 1 is 1.32 bits per heavy atom. The molecule has 0 amide bonds. The average molecular weight is 321 g/mol. The first-order chi connectivity index (χ1) is 9.11. The number of halogens is 1. The maximum absolute atomic E-state index is 5.38. The van der Waals surface area contributed by atoms with Crippen LogP contribution in [0, 0.1) is 6.92 Å². The zero-order chi connectivity index (χ0) is 13.8. The normalized spacial score (nSPS) is 10.3. The molecule has 2 aromatic rings. The number of methoxy groups -OCH3 is 1. The quantitative estimate of drug-likeness (QED) is 0.856. The van der Waals surface area contributed by atoms with Gasteiger partial charge in [0.2, 0.25) is 0 Å². The highest BCUT2D eigenvalue weighted by molar-refractivity contribution is 9.10. The summed E-state index contributed by atoms with van der Waals surface area (Å²) in [5, 5.41) is 0. The number of pyridine rings is 1. The number of aryl methyl sites for hydroxylation is 1. The van der Waals surface area contributed by atoms with Gasteiger partial charge in [0, 0.05) is 29.8 Å². The molecular formula is C15H17BrN2O. The van der Waals surface area contributed by atoms with Gasteiger partial charge < -0.3 is 9.64 Å². The number of para-hydroxylation sites is 1. The largest absolute Gasteiger partial charge is 0.496 e. The van der Waals surface area contributed by atoms with Gasteiger partial charge in [0.25, 0.3) is 0 Å². The van der Waals surface area contributed by atoms with Crippen molar-refractivity contribution in [1.29, 1.82) is 0 Å². The first-order valence-corrected chi connectivity index (χ1v) is 6.86. The van der Waals surface area contributed by atoms with E-state index in [1.807, 2.05) is 31.4 Å². The van der Waals surface area contributed by atoms with Gasteiger partial charge in [0.05, 0.1) is 7.11 Å². The van der Waals surface area contributed by atoms with Crippen LogP contribution in [0.5, 0.6) is 5.75 Å². The molecule has 1 heterocycles. The number of anilines is 1. The molecule has 0 aliphatic carbocycles. The van der Waals surface area contributed by atoms with Crippen LogP contribution in [-0.2, 0) is 6.54 Å². The maximum atomic E-state index is 5.38. The highest BCUT2D eigenvalue weighted by Crippen LogP contribution is 2.24. The molecule has 19 heavy (non-hydrogen) atoms. The van der Waals surface area contributed by atoms with E-state index in [0.29, 0.717) is 0 Å². The van der Waals surface area contributed by atoms with Gasteiger partial charge in [-0.2, -0.15) is 0 Å². The van der Waals surface area contributed by atoms with E-state index in [4.69, 9.17) is 4.74 Å². The third kappa shape index (κ3) is 3.26. The van der Waals surface area contributed by atoms with E-state index in [1.165, 1.54) is 0 Å². The summed E-state index contributed by atoms with van der Waals surface area (Å²) in [7, 11) is 3.73. The second-order valence-electron chi connectivity index (χ2n) is 4.46. The van der Waals surface area contributed by atoms with Gasteiger partial charge in [-0.25, -0.2) is 4.98 Å². The van der Waals surface area contributed by atoms with E-state index >= 15 is 0 Å². The van der Waals surface area contributed by atoms with Gasteiger partial charge in [-0.05, 0) is 40.5 Å². The fourth-order valence-electron chi connectivity index (χ4n) is 2.10. The van der Waals surface area contributed by atoms with E-state index in [2.05, 4.69) is 44.9 Å². The number of benzene rings is 1. The maximum Gasteiger partial charge on any atom is 0.131 e. The van der Waals surface area contributed by atoms with Crippen LogP contribution in [0.2, 0.25) is 0 Å². The third-order valence-corrected chi connectivity index (χ3v) is 3.41. The van der Waals surface area contributed by atoms with E-state index in [0.717, 1.165) is 33.7 Å². The third-order valence-electron chi connectivity index (χ3n) is 2.98. The molecule has 0 radical (unpaired) electrons. The topological polar surface area (TPSA) is 25.4 Å². The Hall–Kier alpha value is -1.55. The van der Waals surface area contributed by atoms with E-state index in [1.54, 1.807) is 7.11 Å². The van der Waals surface area contributed by atoms with Gasteiger partial charge in [-0.1, -0.05) is 18.2 Å². The van der Waals surface area contributed by atoms with Crippen molar-refractivity contribution in [3.63, 3.8) is 0 Å². The lowest BCUT2D eigenvalue weighted by Crippen LogP contribution is -2.19. The number of aromatic nitrogens is 1. The summed E-state index contributed by atoms with van der Waals surface area (Å²) < 4.78 is 6.38. The molecule has 0 saturated heterocycles. The molecule has 0 aliphatic heterocycles. The molecule has 100 valence electrons. The minimum atomic E-state index is 0.763. The van der Waals surface area contributed by atoms with Crippen molar-refractivity contribution in [2.75, 3.05) is 19.1 Å². The molecular weight excluding hydrogens is 304 g/mol. The molecule has 2 rings (SSSR count). The molecule has 1 aromatic carbocycles. The number of hydrogen-bond donors (Lipinski definition) is 0. The van der Waals surface area contributed by atoms with Crippen LogP contribution < -0.4 is 9.64 Å². The van der Waals surface area contributed by atoms with Gasteiger partial charge in [0.1, 0.15) is 11.6 Å². The van der Waals surface area contributed by atoms with E-state index < -0.39 is 0 Å². The van der Waals surface area contributed by atoms with Gasteiger partial charge >= 0.3 is 0 Å². The molecule has 0 bridgehead atoms. The van der Waals surface area contributed by atoms with Crippen LogP contribution in [0.1, 0.15) is 11.1 Å². The smallest absolute Gasteiger partial charge is 0.131 e. The molecule has 3 nitrogen and oxygen atoms in total. The average Bonchev–Trinajstić information content (AvgIpc) is 2.39. The van der Waals surface area contributed by atoms with Crippen LogP contribution in [0.3, 0.4) is 0 Å². The highest BCUT2D eigenvalue weighted by atomic mass is 79.9. The molecule has 0 unspecified atom stereocenters. The van der Waals surface area contributed by atoms with Gasteiger partial charge in [0.15, 0.2) is 0 Å². The number of nitrogens with zero attached hydrogens (tertiary/aromatic N) is 2. The molecule has 0 saturated carbocycles. The lowest BCUT2D eigenvalue weighted by atomic mass is 10.2. The molecule has 4 heteroatoms. The van der Waals surface area contributed by atoms with Crippen molar-refractivity contribution in [1.82, 2.24) is 4.98 Å². The van der Waals surface area contributed by atoms with Gasteiger partial charge in [-0.3, -0.25) is 0 Å². The summed E-state index contributed by atoms with van der Waals surface area (Å²) >= 11 is 3.43. The van der Waals surface area contributed by atoms with E-state index in [-0.39, 0.29) is 0 Å². The van der Waals surface area contributed by atoms with Crippen LogP contribution in [0.15, 0.2) is 41.0 Å². The fraction of sp³-hybridized carbons (Fsp3) is 0.267. The SMILES string of the molecule is COc1ccccc1CN(C)c1ncc(Br)cc1C. The minimum Gasteiger partial charge on any atom is -0.496 e. The standard InChI is InChI=1S/C15H17BrN2O/c1-11-8-13(16)9-17-15(11)18(2)10-12-6-4-5-7-14(12)19-3/h4-9H,10H2,1-3H3. The molecule has 1 aromatic heterocycles. The lowest BCUT2D eigenvalue weighted by Gasteiger charge is -2.21. The van der Waals surface area contributed by atoms with Crippen molar-refractivity contribution in [3.8, 4) is 5.75 Å². The Balaban J connectivity index is 2.23. The Kier molecular flexibility index (Phi) is 4.43. The second kappa shape index (κ2) is 6.06. The zero-order valence-corrected chi connectivity index (χ0v) is 12.9. The number of rotatable bonds is 4. The summed E-state index contributed by atoms with van der Waals surface area (Å²) in [6.45, 7) is 2.82. The van der Waals surface area contributed by atoms with Crippen molar-refractivity contribution in [2.45, 2.75) is 13.5 Å². The van der Waals surface area contributed by atoms with Crippen molar-refractivity contribution >= 4 is 21.7 Å². The summed E-state index contributed by atoms with van der Waals surface area (Å²) in [5.74, 6) is 1.89. The Labute approximate surface area is 122 Å². The van der Waals surface area contributed by atoms with E-state index in [9.17, 15) is 0 Å². The molecule has 0 fully saturated rings. The predicted octanol–water partition coefficient (Wildman–Crippen LogP) is 3.80. The Morgan fingerprint density at radius 2 is 2.05 bits per heavy atom. The number of ether oxygens (including phenoxy) is 1.